The summed E-state index contributed by atoms with van der Waals surface area (Å²) in [6.45, 7) is 1.49. The minimum atomic E-state index is -3.76. The average molecular weight is 329 g/mol. The molecular weight excluding hydrogens is 313 g/mol. The second kappa shape index (κ2) is 6.23. The molecule has 0 fully saturated rings. The molecule has 0 saturated heterocycles. The molecule has 1 aromatic heterocycles. The summed E-state index contributed by atoms with van der Waals surface area (Å²) >= 11 is 1.36. The van der Waals surface area contributed by atoms with E-state index in [-0.39, 0.29) is 11.4 Å². The van der Waals surface area contributed by atoms with E-state index in [1.165, 1.54) is 30.5 Å². The first-order chi connectivity index (χ1) is 9.82. The van der Waals surface area contributed by atoms with Crippen LogP contribution < -0.4 is 0 Å². The maximum atomic E-state index is 13.1. The third kappa shape index (κ3) is 3.49. The van der Waals surface area contributed by atoms with Crippen molar-refractivity contribution in [1.82, 2.24) is 4.31 Å². The maximum absolute atomic E-state index is 13.1. The first-order valence-electron chi connectivity index (χ1n) is 6.26. The molecule has 0 amide bonds. The lowest BCUT2D eigenvalue weighted by Crippen LogP contribution is -2.31. The number of benzene rings is 1. The summed E-state index contributed by atoms with van der Waals surface area (Å²) in [5.41, 5.74) is 0.340. The Morgan fingerprint density at radius 1 is 1.38 bits per heavy atom. The number of aryl methyl sites for hydroxylation is 1. The molecule has 114 valence electrons. The zero-order valence-corrected chi connectivity index (χ0v) is 13.3. The van der Waals surface area contributed by atoms with Gasteiger partial charge >= 0.3 is 0 Å². The van der Waals surface area contributed by atoms with Crippen molar-refractivity contribution in [1.29, 1.82) is 0 Å². The SMILES string of the molecule is Cc1cc(F)ccc1S(=O)(=O)N(C)CC(O)c1cccs1. The molecule has 0 aliphatic heterocycles. The standard InChI is InChI=1S/C14H16FNO3S2/c1-10-8-11(15)5-6-14(10)21(18,19)16(2)9-12(17)13-4-3-7-20-13/h3-8,12,17H,9H2,1-2H3. The molecule has 0 bridgehead atoms. The van der Waals surface area contributed by atoms with Crippen LogP contribution in [-0.2, 0) is 10.0 Å². The Morgan fingerprint density at radius 3 is 2.67 bits per heavy atom. The van der Waals surface area contributed by atoms with Crippen LogP contribution in [0.1, 0.15) is 16.5 Å². The molecule has 4 nitrogen and oxygen atoms in total. The van der Waals surface area contributed by atoms with Gasteiger partial charge in [-0.3, -0.25) is 0 Å². The van der Waals surface area contributed by atoms with Gasteiger partial charge in [0.1, 0.15) is 11.9 Å². The molecule has 0 radical (unpaired) electrons. The Balaban J connectivity index is 2.22. The minimum absolute atomic E-state index is 0.0461. The van der Waals surface area contributed by atoms with Crippen LogP contribution in [-0.4, -0.2) is 31.4 Å². The van der Waals surface area contributed by atoms with Crippen LogP contribution in [0.2, 0.25) is 0 Å². The lowest BCUT2D eigenvalue weighted by Gasteiger charge is -2.21. The Labute approximate surface area is 127 Å². The van der Waals surface area contributed by atoms with E-state index < -0.39 is 21.9 Å². The van der Waals surface area contributed by atoms with E-state index in [0.717, 1.165) is 10.4 Å². The molecule has 2 aromatic rings. The zero-order valence-electron chi connectivity index (χ0n) is 11.7. The number of hydrogen-bond acceptors (Lipinski definition) is 4. The van der Waals surface area contributed by atoms with E-state index in [1.807, 2.05) is 5.38 Å². The van der Waals surface area contributed by atoms with Gasteiger partial charge in [-0.15, -0.1) is 11.3 Å². The van der Waals surface area contributed by atoms with Crippen molar-refractivity contribution in [2.24, 2.45) is 0 Å². The summed E-state index contributed by atoms with van der Waals surface area (Å²) in [5, 5.41) is 11.9. The number of likely N-dealkylation sites (N-methyl/N-ethyl adjacent to an activating group) is 1. The predicted octanol–water partition coefficient (Wildman–Crippen LogP) is 2.55. The highest BCUT2D eigenvalue weighted by molar-refractivity contribution is 7.89. The first kappa shape index (κ1) is 16.1. The molecule has 0 aliphatic carbocycles. The van der Waals surface area contributed by atoms with Crippen molar-refractivity contribution in [3.63, 3.8) is 0 Å². The Bertz CT molecular complexity index is 714. The summed E-state index contributed by atoms with van der Waals surface area (Å²) in [6.07, 6.45) is -0.884. The van der Waals surface area contributed by atoms with Gasteiger partial charge in [-0.25, -0.2) is 12.8 Å². The highest BCUT2D eigenvalue weighted by Crippen LogP contribution is 2.24. The maximum Gasteiger partial charge on any atom is 0.243 e. The lowest BCUT2D eigenvalue weighted by atomic mass is 10.2. The fourth-order valence-corrected chi connectivity index (χ4v) is 4.06. The van der Waals surface area contributed by atoms with Gasteiger partial charge in [0.15, 0.2) is 0 Å². The number of sulfonamides is 1. The van der Waals surface area contributed by atoms with Crippen molar-refractivity contribution < 1.29 is 17.9 Å². The smallest absolute Gasteiger partial charge is 0.243 e. The van der Waals surface area contributed by atoms with Crippen LogP contribution >= 0.6 is 11.3 Å². The predicted molar refractivity (Wildman–Crippen MR) is 80.2 cm³/mol. The van der Waals surface area contributed by atoms with Crippen molar-refractivity contribution >= 4 is 21.4 Å². The number of thiophene rings is 1. The second-order valence-electron chi connectivity index (χ2n) is 4.73. The van der Waals surface area contributed by atoms with Gasteiger partial charge in [0.25, 0.3) is 0 Å². The topological polar surface area (TPSA) is 57.6 Å². The molecule has 0 aliphatic rings. The van der Waals surface area contributed by atoms with Crippen LogP contribution in [0.5, 0.6) is 0 Å². The van der Waals surface area contributed by atoms with E-state index >= 15 is 0 Å². The Morgan fingerprint density at radius 2 is 2.10 bits per heavy atom. The molecule has 1 atom stereocenters. The molecule has 21 heavy (non-hydrogen) atoms. The quantitative estimate of drug-likeness (QED) is 0.917. The minimum Gasteiger partial charge on any atom is -0.386 e. The number of hydrogen-bond donors (Lipinski definition) is 1. The summed E-state index contributed by atoms with van der Waals surface area (Å²) in [6, 6.07) is 7.08. The lowest BCUT2D eigenvalue weighted by molar-refractivity contribution is 0.158. The third-order valence-corrected chi connectivity index (χ3v) is 6.08. The van der Waals surface area contributed by atoms with Gasteiger partial charge in [0, 0.05) is 18.5 Å². The number of aliphatic hydroxyl groups is 1. The van der Waals surface area contributed by atoms with E-state index in [0.29, 0.717) is 10.4 Å². The first-order valence-corrected chi connectivity index (χ1v) is 8.58. The zero-order chi connectivity index (χ0) is 15.6. The fourth-order valence-electron chi connectivity index (χ4n) is 1.98. The summed E-state index contributed by atoms with van der Waals surface area (Å²) in [4.78, 5) is 0.748. The van der Waals surface area contributed by atoms with Gasteiger partial charge in [0.2, 0.25) is 10.0 Å². The van der Waals surface area contributed by atoms with Gasteiger partial charge in [0.05, 0.1) is 4.90 Å². The summed E-state index contributed by atoms with van der Waals surface area (Å²) in [5.74, 6) is -0.479. The summed E-state index contributed by atoms with van der Waals surface area (Å²) in [7, 11) is -2.36. The van der Waals surface area contributed by atoms with Crippen LogP contribution in [0.3, 0.4) is 0 Å². The molecule has 0 saturated carbocycles. The monoisotopic (exact) mass is 329 g/mol. The summed E-state index contributed by atoms with van der Waals surface area (Å²) < 4.78 is 39.1. The van der Waals surface area contributed by atoms with Gasteiger partial charge in [-0.2, -0.15) is 4.31 Å². The van der Waals surface area contributed by atoms with Crippen LogP contribution in [0.4, 0.5) is 4.39 Å². The normalized spacial score (nSPS) is 13.6. The number of halogens is 1. The van der Waals surface area contributed by atoms with Gasteiger partial charge in [-0.05, 0) is 42.1 Å². The van der Waals surface area contributed by atoms with Crippen molar-refractivity contribution in [3.8, 4) is 0 Å². The molecule has 1 aromatic carbocycles. The van der Waals surface area contributed by atoms with Crippen LogP contribution in [0, 0.1) is 12.7 Å². The van der Waals surface area contributed by atoms with Crippen molar-refractivity contribution in [2.75, 3.05) is 13.6 Å². The Hall–Kier alpha value is -1.28. The van der Waals surface area contributed by atoms with Crippen LogP contribution in [0.15, 0.2) is 40.6 Å². The number of aliphatic hydroxyl groups excluding tert-OH is 1. The fraction of sp³-hybridized carbons (Fsp3) is 0.286. The largest absolute Gasteiger partial charge is 0.386 e. The van der Waals surface area contributed by atoms with Crippen molar-refractivity contribution in [3.05, 3.63) is 52.0 Å². The van der Waals surface area contributed by atoms with E-state index in [4.69, 9.17) is 0 Å². The molecule has 7 heteroatoms. The number of rotatable bonds is 5. The molecule has 1 heterocycles. The van der Waals surface area contributed by atoms with Crippen LogP contribution in [0.25, 0.3) is 0 Å². The highest BCUT2D eigenvalue weighted by Gasteiger charge is 2.25. The third-order valence-electron chi connectivity index (χ3n) is 3.13. The van der Waals surface area contributed by atoms with E-state index in [1.54, 1.807) is 19.1 Å². The molecular formula is C14H16FNO3S2. The van der Waals surface area contributed by atoms with E-state index in [2.05, 4.69) is 0 Å². The average Bonchev–Trinajstić information content (AvgIpc) is 2.91. The molecule has 2 rings (SSSR count). The van der Waals surface area contributed by atoms with Crippen molar-refractivity contribution in [2.45, 2.75) is 17.9 Å². The van der Waals surface area contributed by atoms with Gasteiger partial charge in [-0.1, -0.05) is 6.07 Å². The van der Waals surface area contributed by atoms with Gasteiger partial charge < -0.3 is 5.11 Å². The highest BCUT2D eigenvalue weighted by atomic mass is 32.2. The Kier molecular flexibility index (Phi) is 4.77. The molecule has 0 spiro atoms. The molecule has 1 unspecified atom stereocenters. The van der Waals surface area contributed by atoms with E-state index in [9.17, 15) is 17.9 Å². The number of nitrogens with zero attached hydrogens (tertiary/aromatic N) is 1. The molecule has 1 N–H and O–H groups in total. The second-order valence-corrected chi connectivity index (χ2v) is 7.72.